The van der Waals surface area contributed by atoms with E-state index in [9.17, 15) is 23.6 Å². The largest absolute Gasteiger partial charge is 0.506 e. The number of benzene rings is 1. The van der Waals surface area contributed by atoms with Gasteiger partial charge in [-0.3, -0.25) is 14.8 Å². The molecular formula is C10H9ClN4O5S. The molecule has 112 valence electrons. The average molecular weight is 333 g/mol. The SMILES string of the molecule is Cn1cnc(S(=O)(=O)Nc2cc([N+](=O)[O-])ccc2O)c1Cl. The van der Waals surface area contributed by atoms with E-state index < -0.39 is 25.7 Å². The number of non-ortho nitro benzene ring substituents is 1. The number of aromatic nitrogens is 2. The van der Waals surface area contributed by atoms with Gasteiger partial charge in [0.15, 0.2) is 0 Å². The predicted molar refractivity (Wildman–Crippen MR) is 73.8 cm³/mol. The summed E-state index contributed by atoms with van der Waals surface area (Å²) in [6, 6.07) is 2.95. The second-order valence-electron chi connectivity index (χ2n) is 4.02. The Balaban J connectivity index is 2.44. The summed E-state index contributed by atoms with van der Waals surface area (Å²) >= 11 is 5.79. The van der Waals surface area contributed by atoms with Crippen LogP contribution in [0.2, 0.25) is 5.15 Å². The molecule has 21 heavy (non-hydrogen) atoms. The van der Waals surface area contributed by atoms with Gasteiger partial charge in [0.2, 0.25) is 5.03 Å². The van der Waals surface area contributed by atoms with Crippen LogP contribution in [0.15, 0.2) is 29.6 Å². The van der Waals surface area contributed by atoms with Crippen molar-refractivity contribution < 1.29 is 18.4 Å². The standard InChI is InChI=1S/C10H9ClN4O5S/c1-14-5-12-10(9(14)11)21(19,20)13-7-4-6(15(17)18)2-3-8(7)16/h2-5,13,16H,1H3. The number of hydrogen-bond donors (Lipinski definition) is 2. The third-order valence-electron chi connectivity index (χ3n) is 2.52. The Morgan fingerprint density at radius 1 is 1.48 bits per heavy atom. The first-order chi connectivity index (χ1) is 9.72. The molecule has 1 aromatic carbocycles. The fraction of sp³-hybridized carbons (Fsp3) is 0.100. The highest BCUT2D eigenvalue weighted by Gasteiger charge is 2.24. The fourth-order valence-corrected chi connectivity index (χ4v) is 2.99. The van der Waals surface area contributed by atoms with E-state index in [0.717, 1.165) is 18.2 Å². The van der Waals surface area contributed by atoms with Crippen LogP contribution in [0.25, 0.3) is 0 Å². The van der Waals surface area contributed by atoms with Crippen molar-refractivity contribution in [3.05, 3.63) is 39.8 Å². The Hall–Kier alpha value is -2.33. The number of imidazole rings is 1. The molecule has 0 saturated heterocycles. The number of phenolic OH excluding ortho intramolecular Hbond substituents is 1. The van der Waals surface area contributed by atoms with Crippen molar-refractivity contribution in [2.24, 2.45) is 7.05 Å². The number of nitro groups is 1. The summed E-state index contributed by atoms with van der Waals surface area (Å²) in [4.78, 5) is 13.6. The monoisotopic (exact) mass is 332 g/mol. The number of hydrogen-bond acceptors (Lipinski definition) is 6. The minimum Gasteiger partial charge on any atom is -0.506 e. The van der Waals surface area contributed by atoms with Gasteiger partial charge >= 0.3 is 0 Å². The normalized spacial score (nSPS) is 11.3. The van der Waals surface area contributed by atoms with Crippen LogP contribution in [0.1, 0.15) is 0 Å². The summed E-state index contributed by atoms with van der Waals surface area (Å²) in [5, 5.41) is 19.7. The quantitative estimate of drug-likeness (QED) is 0.496. The zero-order valence-electron chi connectivity index (χ0n) is 10.5. The molecule has 0 radical (unpaired) electrons. The minimum absolute atomic E-state index is 0.132. The van der Waals surface area contributed by atoms with Crippen LogP contribution < -0.4 is 4.72 Å². The van der Waals surface area contributed by atoms with E-state index in [1.165, 1.54) is 17.9 Å². The Labute approximate surface area is 124 Å². The number of aromatic hydroxyl groups is 1. The number of halogens is 1. The van der Waals surface area contributed by atoms with E-state index in [-0.39, 0.29) is 16.5 Å². The Bertz CT molecular complexity index is 817. The summed E-state index contributed by atoms with van der Waals surface area (Å²) in [7, 11) is -2.69. The van der Waals surface area contributed by atoms with Crippen molar-refractivity contribution in [3.8, 4) is 5.75 Å². The molecule has 2 aromatic rings. The number of phenols is 1. The molecule has 0 amide bonds. The number of nitrogens with one attached hydrogen (secondary N) is 1. The summed E-state index contributed by atoms with van der Waals surface area (Å²) < 4.78 is 27.5. The van der Waals surface area contributed by atoms with Crippen molar-refractivity contribution in [3.63, 3.8) is 0 Å². The van der Waals surface area contributed by atoms with Gasteiger partial charge in [0, 0.05) is 19.2 Å². The summed E-state index contributed by atoms with van der Waals surface area (Å²) in [5.41, 5.74) is -0.719. The van der Waals surface area contributed by atoms with Gasteiger partial charge in [-0.25, -0.2) is 4.98 Å². The number of nitro benzene ring substituents is 1. The van der Waals surface area contributed by atoms with E-state index in [4.69, 9.17) is 11.6 Å². The molecule has 11 heteroatoms. The number of aryl methyl sites for hydroxylation is 1. The molecule has 0 atom stereocenters. The third-order valence-corrected chi connectivity index (χ3v) is 4.38. The molecule has 0 spiro atoms. The van der Waals surface area contributed by atoms with Crippen LogP contribution in [0.5, 0.6) is 5.75 Å². The van der Waals surface area contributed by atoms with Crippen molar-refractivity contribution in [2.45, 2.75) is 5.03 Å². The van der Waals surface area contributed by atoms with Crippen LogP contribution in [-0.4, -0.2) is 28.0 Å². The summed E-state index contributed by atoms with van der Waals surface area (Å²) in [5.74, 6) is -0.462. The lowest BCUT2D eigenvalue weighted by molar-refractivity contribution is -0.384. The van der Waals surface area contributed by atoms with Gasteiger partial charge in [-0.05, 0) is 6.07 Å². The number of sulfonamides is 1. The van der Waals surface area contributed by atoms with E-state index in [0.29, 0.717) is 0 Å². The van der Waals surface area contributed by atoms with Gasteiger partial charge in [0.05, 0.1) is 16.9 Å². The smallest absolute Gasteiger partial charge is 0.282 e. The predicted octanol–water partition coefficient (Wildman–Crippen LogP) is 1.49. The lowest BCUT2D eigenvalue weighted by atomic mass is 10.2. The molecule has 1 heterocycles. The Morgan fingerprint density at radius 3 is 2.67 bits per heavy atom. The van der Waals surface area contributed by atoms with E-state index in [2.05, 4.69) is 4.98 Å². The molecule has 2 N–H and O–H groups in total. The topological polar surface area (TPSA) is 127 Å². The van der Waals surface area contributed by atoms with E-state index >= 15 is 0 Å². The molecule has 0 aliphatic heterocycles. The molecule has 9 nitrogen and oxygen atoms in total. The lowest BCUT2D eigenvalue weighted by Crippen LogP contribution is -2.14. The van der Waals surface area contributed by atoms with Crippen LogP contribution in [0, 0.1) is 10.1 Å². The van der Waals surface area contributed by atoms with Gasteiger partial charge in [0.1, 0.15) is 10.9 Å². The zero-order valence-corrected chi connectivity index (χ0v) is 12.1. The van der Waals surface area contributed by atoms with Crippen LogP contribution in [0.3, 0.4) is 0 Å². The molecule has 1 aromatic heterocycles. The van der Waals surface area contributed by atoms with Gasteiger partial charge in [-0.15, -0.1) is 0 Å². The Morgan fingerprint density at radius 2 is 2.14 bits per heavy atom. The molecule has 2 rings (SSSR count). The molecule has 0 aliphatic rings. The maximum Gasteiger partial charge on any atom is 0.282 e. The molecule has 0 bridgehead atoms. The van der Waals surface area contributed by atoms with Gasteiger partial charge in [0.25, 0.3) is 15.7 Å². The Kier molecular flexibility index (Phi) is 3.75. The van der Waals surface area contributed by atoms with Gasteiger partial charge < -0.3 is 9.67 Å². The number of rotatable bonds is 4. The highest BCUT2D eigenvalue weighted by Crippen LogP contribution is 2.30. The highest BCUT2D eigenvalue weighted by atomic mass is 35.5. The molecule has 0 unspecified atom stereocenters. The second-order valence-corrected chi connectivity index (χ2v) is 5.97. The first-order valence-corrected chi connectivity index (χ1v) is 7.25. The molecule has 0 fully saturated rings. The third kappa shape index (κ3) is 2.90. The van der Waals surface area contributed by atoms with Crippen molar-refractivity contribution in [1.29, 1.82) is 0 Å². The van der Waals surface area contributed by atoms with E-state index in [1.54, 1.807) is 0 Å². The summed E-state index contributed by atoms with van der Waals surface area (Å²) in [6.45, 7) is 0. The van der Waals surface area contributed by atoms with Crippen molar-refractivity contribution >= 4 is 33.0 Å². The molecule has 0 saturated carbocycles. The van der Waals surface area contributed by atoms with Crippen LogP contribution >= 0.6 is 11.6 Å². The lowest BCUT2D eigenvalue weighted by Gasteiger charge is -2.08. The highest BCUT2D eigenvalue weighted by molar-refractivity contribution is 7.92. The van der Waals surface area contributed by atoms with Gasteiger partial charge in [-0.1, -0.05) is 11.6 Å². The van der Waals surface area contributed by atoms with Crippen LogP contribution in [-0.2, 0) is 17.1 Å². The van der Waals surface area contributed by atoms with E-state index in [1.807, 2.05) is 4.72 Å². The average Bonchev–Trinajstić information content (AvgIpc) is 2.73. The first kappa shape index (κ1) is 15.1. The number of anilines is 1. The summed E-state index contributed by atoms with van der Waals surface area (Å²) in [6.07, 6.45) is 1.20. The van der Waals surface area contributed by atoms with Crippen LogP contribution in [0.4, 0.5) is 11.4 Å². The van der Waals surface area contributed by atoms with Crippen molar-refractivity contribution in [1.82, 2.24) is 9.55 Å². The number of nitrogens with zero attached hydrogens (tertiary/aromatic N) is 3. The molecular weight excluding hydrogens is 324 g/mol. The maximum absolute atomic E-state index is 12.1. The molecule has 0 aliphatic carbocycles. The zero-order chi connectivity index (χ0) is 15.8. The first-order valence-electron chi connectivity index (χ1n) is 5.39. The van der Waals surface area contributed by atoms with Gasteiger partial charge in [-0.2, -0.15) is 8.42 Å². The maximum atomic E-state index is 12.1. The fourth-order valence-electron chi connectivity index (χ4n) is 1.49. The second kappa shape index (κ2) is 5.22. The van der Waals surface area contributed by atoms with Crippen molar-refractivity contribution in [2.75, 3.05) is 4.72 Å². The minimum atomic E-state index is -4.18.